The summed E-state index contributed by atoms with van der Waals surface area (Å²) in [6, 6.07) is 7.84. The fraction of sp³-hybridized carbons (Fsp3) is 0.478. The van der Waals surface area contributed by atoms with E-state index in [0.717, 1.165) is 28.7 Å². The molecule has 1 saturated heterocycles. The molecule has 1 fully saturated rings. The number of benzene rings is 1. The van der Waals surface area contributed by atoms with Crippen LogP contribution in [0, 0.1) is 13.8 Å². The number of aryl methyl sites for hydroxylation is 2. The predicted molar refractivity (Wildman–Crippen MR) is 115 cm³/mol. The summed E-state index contributed by atoms with van der Waals surface area (Å²) in [6.07, 6.45) is -2.22. The Hall–Kier alpha value is -3.17. The fourth-order valence-corrected chi connectivity index (χ4v) is 4.43. The molecule has 33 heavy (non-hydrogen) atoms. The summed E-state index contributed by atoms with van der Waals surface area (Å²) >= 11 is 0. The van der Waals surface area contributed by atoms with Crippen molar-refractivity contribution in [1.29, 1.82) is 0 Å². The van der Waals surface area contributed by atoms with Gasteiger partial charge in [-0.25, -0.2) is 9.50 Å². The van der Waals surface area contributed by atoms with E-state index in [1.54, 1.807) is 13.8 Å². The largest absolute Gasteiger partial charge is 0.494 e. The van der Waals surface area contributed by atoms with E-state index in [1.165, 1.54) is 0 Å². The number of carbonyl (C=O) groups excluding carboxylic acids is 1. The summed E-state index contributed by atoms with van der Waals surface area (Å²) in [7, 11) is 0. The van der Waals surface area contributed by atoms with Gasteiger partial charge in [0.2, 0.25) is 5.91 Å². The first-order valence-corrected chi connectivity index (χ1v) is 11.0. The van der Waals surface area contributed by atoms with Crippen molar-refractivity contribution in [2.75, 3.05) is 13.2 Å². The molecule has 4 rings (SSSR count). The number of rotatable bonds is 6. The van der Waals surface area contributed by atoms with Gasteiger partial charge in [0.05, 0.1) is 12.6 Å². The molecule has 3 heterocycles. The number of halogens is 3. The van der Waals surface area contributed by atoms with Gasteiger partial charge < -0.3 is 9.64 Å². The summed E-state index contributed by atoms with van der Waals surface area (Å²) in [5, 5.41) is 3.57. The smallest absolute Gasteiger partial charge is 0.453 e. The van der Waals surface area contributed by atoms with Crippen molar-refractivity contribution >= 4 is 11.7 Å². The standard InChI is InChI=1S/C23H26F3N5O2/c1-4-33-17-9-7-16(8-10-17)19-6-5-13-30(19)20(32)12-11-18-14(2)27-22-28-21(23(24,25)26)29-31(22)15(18)3/h7-10,19H,4-6,11-13H2,1-3H3. The monoisotopic (exact) mass is 461 g/mol. The second-order valence-electron chi connectivity index (χ2n) is 8.15. The van der Waals surface area contributed by atoms with Crippen molar-refractivity contribution in [2.45, 2.75) is 58.7 Å². The zero-order valence-electron chi connectivity index (χ0n) is 18.8. The van der Waals surface area contributed by atoms with E-state index in [4.69, 9.17) is 4.74 Å². The van der Waals surface area contributed by atoms with E-state index in [-0.39, 0.29) is 24.1 Å². The van der Waals surface area contributed by atoms with Crippen LogP contribution in [0.3, 0.4) is 0 Å². The molecular weight excluding hydrogens is 435 g/mol. The molecule has 0 spiro atoms. The highest BCUT2D eigenvalue weighted by Crippen LogP contribution is 2.33. The molecule has 1 aliphatic rings. The van der Waals surface area contributed by atoms with E-state index >= 15 is 0 Å². The Labute approximate surface area is 189 Å². The molecule has 0 N–H and O–H groups in total. The maximum Gasteiger partial charge on any atom is 0.453 e. The van der Waals surface area contributed by atoms with E-state index in [0.29, 0.717) is 36.5 Å². The van der Waals surface area contributed by atoms with Crippen LogP contribution in [0.4, 0.5) is 13.2 Å². The summed E-state index contributed by atoms with van der Waals surface area (Å²) in [5.41, 5.74) is 2.85. The van der Waals surface area contributed by atoms with Crippen LogP contribution in [0.1, 0.15) is 60.6 Å². The van der Waals surface area contributed by atoms with E-state index in [1.807, 2.05) is 36.1 Å². The Balaban J connectivity index is 1.49. The first kappa shape index (κ1) is 23.0. The second kappa shape index (κ2) is 8.99. The minimum atomic E-state index is -4.64. The zero-order valence-corrected chi connectivity index (χ0v) is 18.8. The van der Waals surface area contributed by atoms with E-state index in [9.17, 15) is 18.0 Å². The lowest BCUT2D eigenvalue weighted by molar-refractivity contribution is -0.144. The zero-order chi connectivity index (χ0) is 23.8. The van der Waals surface area contributed by atoms with Gasteiger partial charge in [-0.1, -0.05) is 12.1 Å². The molecular formula is C23H26F3N5O2. The van der Waals surface area contributed by atoms with Crippen LogP contribution < -0.4 is 4.74 Å². The molecule has 7 nitrogen and oxygen atoms in total. The van der Waals surface area contributed by atoms with E-state index in [2.05, 4.69) is 15.1 Å². The Morgan fingerprint density at radius 3 is 2.58 bits per heavy atom. The fourth-order valence-electron chi connectivity index (χ4n) is 4.43. The average Bonchev–Trinajstić information content (AvgIpc) is 3.41. The van der Waals surface area contributed by atoms with Crippen LogP contribution in [0.2, 0.25) is 0 Å². The maximum atomic E-state index is 13.1. The lowest BCUT2D eigenvalue weighted by Crippen LogP contribution is -2.30. The van der Waals surface area contributed by atoms with Crippen LogP contribution in [0.15, 0.2) is 24.3 Å². The van der Waals surface area contributed by atoms with Crippen molar-refractivity contribution in [2.24, 2.45) is 0 Å². The number of hydrogen-bond acceptors (Lipinski definition) is 5. The molecule has 1 amide bonds. The normalized spacial score (nSPS) is 16.5. The van der Waals surface area contributed by atoms with Crippen LogP contribution in [-0.4, -0.2) is 43.5 Å². The van der Waals surface area contributed by atoms with Gasteiger partial charge in [-0.2, -0.15) is 18.2 Å². The minimum Gasteiger partial charge on any atom is -0.494 e. The minimum absolute atomic E-state index is 0.0138. The lowest BCUT2D eigenvalue weighted by Gasteiger charge is -2.25. The highest BCUT2D eigenvalue weighted by atomic mass is 19.4. The molecule has 1 aromatic carbocycles. The van der Waals surface area contributed by atoms with Crippen LogP contribution in [-0.2, 0) is 17.4 Å². The highest BCUT2D eigenvalue weighted by Gasteiger charge is 2.37. The van der Waals surface area contributed by atoms with Gasteiger partial charge >= 0.3 is 6.18 Å². The third-order valence-corrected chi connectivity index (χ3v) is 6.04. The SMILES string of the molecule is CCOc1ccc(C2CCCN2C(=O)CCc2c(C)nc3nc(C(F)(F)F)nn3c2C)cc1. The number of ether oxygens (including phenoxy) is 1. The van der Waals surface area contributed by atoms with Gasteiger partial charge in [-0.05, 0) is 63.3 Å². The molecule has 0 radical (unpaired) electrons. The quantitative estimate of drug-likeness (QED) is 0.542. The Kier molecular flexibility index (Phi) is 6.27. The van der Waals surface area contributed by atoms with Gasteiger partial charge in [-0.3, -0.25) is 4.79 Å². The van der Waals surface area contributed by atoms with Gasteiger partial charge in [0.25, 0.3) is 11.6 Å². The molecule has 1 atom stereocenters. The van der Waals surface area contributed by atoms with Gasteiger partial charge in [0, 0.05) is 24.4 Å². The molecule has 1 aliphatic heterocycles. The predicted octanol–water partition coefficient (Wildman–Crippen LogP) is 4.45. The second-order valence-corrected chi connectivity index (χ2v) is 8.15. The third kappa shape index (κ3) is 4.65. The molecule has 0 saturated carbocycles. The number of nitrogens with zero attached hydrogens (tertiary/aromatic N) is 5. The number of fused-ring (bicyclic) bond motifs is 1. The van der Waals surface area contributed by atoms with Crippen LogP contribution in [0.5, 0.6) is 5.75 Å². The number of aromatic nitrogens is 4. The average molecular weight is 461 g/mol. The molecule has 1 unspecified atom stereocenters. The van der Waals surface area contributed by atoms with Crippen LogP contribution >= 0.6 is 0 Å². The van der Waals surface area contributed by atoms with Crippen molar-refractivity contribution < 1.29 is 22.7 Å². The Morgan fingerprint density at radius 1 is 1.18 bits per heavy atom. The lowest BCUT2D eigenvalue weighted by atomic mass is 10.0. The molecule has 0 aliphatic carbocycles. The van der Waals surface area contributed by atoms with Crippen molar-refractivity contribution in [3.8, 4) is 5.75 Å². The third-order valence-electron chi connectivity index (χ3n) is 6.04. The summed E-state index contributed by atoms with van der Waals surface area (Å²) < 4.78 is 45.6. The molecule has 176 valence electrons. The number of alkyl halides is 3. The highest BCUT2D eigenvalue weighted by molar-refractivity contribution is 5.77. The first-order valence-electron chi connectivity index (χ1n) is 11.0. The summed E-state index contributed by atoms with van der Waals surface area (Å²) in [5.74, 6) is -0.504. The molecule has 3 aromatic rings. The summed E-state index contributed by atoms with van der Waals surface area (Å²) in [6.45, 7) is 6.60. The number of amides is 1. The molecule has 2 aromatic heterocycles. The topological polar surface area (TPSA) is 72.6 Å². The Morgan fingerprint density at radius 2 is 1.91 bits per heavy atom. The number of hydrogen-bond donors (Lipinski definition) is 0. The molecule has 10 heteroatoms. The van der Waals surface area contributed by atoms with Crippen LogP contribution in [0.25, 0.3) is 5.78 Å². The molecule has 0 bridgehead atoms. The van der Waals surface area contributed by atoms with Gasteiger partial charge in [0.15, 0.2) is 0 Å². The number of carbonyl (C=O) groups is 1. The van der Waals surface area contributed by atoms with Crippen molar-refractivity contribution in [3.63, 3.8) is 0 Å². The maximum absolute atomic E-state index is 13.1. The summed E-state index contributed by atoms with van der Waals surface area (Å²) in [4.78, 5) is 22.7. The van der Waals surface area contributed by atoms with Crippen molar-refractivity contribution in [1.82, 2.24) is 24.5 Å². The van der Waals surface area contributed by atoms with Gasteiger partial charge in [-0.15, -0.1) is 5.10 Å². The van der Waals surface area contributed by atoms with Crippen molar-refractivity contribution in [3.05, 3.63) is 52.6 Å². The van der Waals surface area contributed by atoms with Gasteiger partial charge in [0.1, 0.15) is 5.75 Å². The first-order chi connectivity index (χ1) is 15.7. The number of likely N-dealkylation sites (tertiary alicyclic amines) is 1. The Bertz CT molecular complexity index is 1160. The van der Waals surface area contributed by atoms with E-state index < -0.39 is 12.0 Å².